The van der Waals surface area contributed by atoms with Crippen LogP contribution in [-0.4, -0.2) is 29.3 Å². The fraction of sp³-hybridized carbons (Fsp3) is 0.625. The molecule has 0 radical (unpaired) electrons. The summed E-state index contributed by atoms with van der Waals surface area (Å²) in [5.41, 5.74) is 0.874. The fourth-order valence-electron chi connectivity index (χ4n) is 1.93. The third-order valence-electron chi connectivity index (χ3n) is 3.14. The molecule has 0 heterocycles. The van der Waals surface area contributed by atoms with Crippen molar-refractivity contribution in [3.05, 3.63) is 29.8 Å². The molecule has 0 saturated carbocycles. The summed E-state index contributed by atoms with van der Waals surface area (Å²) < 4.78 is 32.3. The van der Waals surface area contributed by atoms with Crippen molar-refractivity contribution in [2.24, 2.45) is 0 Å². The minimum atomic E-state index is -2.71. The number of ether oxygens (including phenoxy) is 1. The van der Waals surface area contributed by atoms with Crippen LogP contribution >= 0.6 is 6.49 Å². The molecule has 24 heavy (non-hydrogen) atoms. The van der Waals surface area contributed by atoms with Crippen molar-refractivity contribution in [3.63, 3.8) is 0 Å². The molecule has 1 aromatic rings. The first kappa shape index (κ1) is 21.7. The Morgan fingerprint density at radius 1 is 1.17 bits per heavy atom. The molecule has 0 bridgehead atoms. The van der Waals surface area contributed by atoms with Gasteiger partial charge in [-0.2, -0.15) is 0 Å². The highest BCUT2D eigenvalue weighted by Crippen LogP contribution is 2.60. The van der Waals surface area contributed by atoms with E-state index in [4.69, 9.17) is 25.6 Å². The Bertz CT molecular complexity index is 577. The zero-order valence-corrected chi connectivity index (χ0v) is 17.7. The lowest BCUT2D eigenvalue weighted by Crippen LogP contribution is -2.36. The third kappa shape index (κ3) is 5.90. The van der Waals surface area contributed by atoms with Crippen LogP contribution in [0.4, 0.5) is 0 Å². The molecule has 0 amide bonds. The smallest absolute Gasteiger partial charge is 0.211 e. The predicted octanol–water partition coefficient (Wildman–Crippen LogP) is 4.13. The molecule has 0 spiro atoms. The molecule has 138 valence electrons. The van der Waals surface area contributed by atoms with Crippen molar-refractivity contribution >= 4 is 29.3 Å². The molecule has 0 aromatic heterocycles. The molecule has 2 atom stereocenters. The van der Waals surface area contributed by atoms with Crippen molar-refractivity contribution in [2.45, 2.75) is 45.1 Å². The standard InChI is InChI=1S/C16H28NO4PS2/c1-7-20-22(23,21-8-2)15(17-24(18)16(3,4)5)13-9-11-14(19-6)12-10-13/h9-12,15,17H,7-8H2,1-6H3/t15-,24+/m1/s1. The SMILES string of the molecule is CCOP(=S)(OCC)[C@@H](N[S@@](=O)C(C)(C)C)c1ccc(OC)cc1. The number of rotatable bonds is 9. The van der Waals surface area contributed by atoms with Gasteiger partial charge in [0.05, 0.1) is 36.1 Å². The highest BCUT2D eigenvalue weighted by Gasteiger charge is 2.35. The molecule has 8 heteroatoms. The Balaban J connectivity index is 3.27. The second-order valence-corrected chi connectivity index (χ2v) is 11.7. The van der Waals surface area contributed by atoms with Gasteiger partial charge in [0.25, 0.3) is 0 Å². The Morgan fingerprint density at radius 3 is 2.04 bits per heavy atom. The fourth-order valence-corrected chi connectivity index (χ4v) is 6.44. The van der Waals surface area contributed by atoms with Gasteiger partial charge in [0.2, 0.25) is 6.49 Å². The zero-order valence-electron chi connectivity index (χ0n) is 15.2. The largest absolute Gasteiger partial charge is 0.497 e. The van der Waals surface area contributed by atoms with Crippen LogP contribution in [0.5, 0.6) is 5.75 Å². The Morgan fingerprint density at radius 2 is 1.67 bits per heavy atom. The van der Waals surface area contributed by atoms with Crippen molar-refractivity contribution < 1.29 is 18.0 Å². The van der Waals surface area contributed by atoms with Gasteiger partial charge in [-0.3, -0.25) is 0 Å². The summed E-state index contributed by atoms with van der Waals surface area (Å²) in [6, 6.07) is 7.49. The topological polar surface area (TPSA) is 56.8 Å². The van der Waals surface area contributed by atoms with Crippen LogP contribution in [0, 0.1) is 0 Å². The summed E-state index contributed by atoms with van der Waals surface area (Å²) in [7, 11) is 0.306. The lowest BCUT2D eigenvalue weighted by Gasteiger charge is -2.32. The molecule has 5 nitrogen and oxygen atoms in total. The van der Waals surface area contributed by atoms with Crippen LogP contribution < -0.4 is 9.46 Å². The lowest BCUT2D eigenvalue weighted by molar-refractivity contribution is 0.258. The molecule has 0 aliphatic heterocycles. The molecular weight excluding hydrogens is 365 g/mol. The Labute approximate surface area is 153 Å². The molecule has 0 aliphatic carbocycles. The number of benzene rings is 1. The van der Waals surface area contributed by atoms with Crippen molar-refractivity contribution in [1.29, 1.82) is 0 Å². The first-order valence-corrected chi connectivity index (χ1v) is 11.7. The van der Waals surface area contributed by atoms with E-state index in [1.54, 1.807) is 7.11 Å². The van der Waals surface area contributed by atoms with E-state index in [0.29, 0.717) is 13.2 Å². The zero-order chi connectivity index (χ0) is 18.4. The lowest BCUT2D eigenvalue weighted by atomic mass is 10.2. The normalized spacial score (nSPS) is 15.1. The van der Waals surface area contributed by atoms with E-state index in [-0.39, 0.29) is 0 Å². The van der Waals surface area contributed by atoms with Crippen LogP contribution in [0.1, 0.15) is 46.0 Å². The quantitative estimate of drug-likeness (QED) is 0.640. The van der Waals surface area contributed by atoms with Gasteiger partial charge in [-0.05, 0) is 64.1 Å². The molecule has 0 saturated heterocycles. The Kier molecular flexibility index (Phi) is 8.53. The van der Waals surface area contributed by atoms with E-state index in [1.165, 1.54) is 0 Å². The molecule has 1 N–H and O–H groups in total. The van der Waals surface area contributed by atoms with Crippen molar-refractivity contribution in [2.75, 3.05) is 20.3 Å². The van der Waals surface area contributed by atoms with Gasteiger partial charge in [0.15, 0.2) is 0 Å². The summed E-state index contributed by atoms with van der Waals surface area (Å²) in [6.07, 6.45) is 0. The first-order chi connectivity index (χ1) is 11.2. The highest BCUT2D eigenvalue weighted by molar-refractivity contribution is 8.10. The van der Waals surface area contributed by atoms with Gasteiger partial charge in [-0.15, -0.1) is 0 Å². The molecule has 0 aliphatic rings. The maximum atomic E-state index is 12.7. The maximum absolute atomic E-state index is 12.7. The van der Waals surface area contributed by atoms with Gasteiger partial charge in [0.1, 0.15) is 11.5 Å². The van der Waals surface area contributed by atoms with E-state index in [2.05, 4.69) is 4.72 Å². The number of nitrogens with one attached hydrogen (secondary N) is 1. The predicted molar refractivity (Wildman–Crippen MR) is 104 cm³/mol. The van der Waals surface area contributed by atoms with E-state index in [9.17, 15) is 4.21 Å². The third-order valence-corrected chi connectivity index (χ3v) is 8.44. The van der Waals surface area contributed by atoms with Gasteiger partial charge in [-0.1, -0.05) is 12.1 Å². The second-order valence-electron chi connectivity index (χ2n) is 6.05. The summed E-state index contributed by atoms with van der Waals surface area (Å²) in [5.74, 6) is 0.286. The highest BCUT2D eigenvalue weighted by atomic mass is 32.5. The summed E-state index contributed by atoms with van der Waals surface area (Å²) in [6.45, 7) is 7.65. The van der Waals surface area contributed by atoms with Crippen LogP contribution in [0.25, 0.3) is 0 Å². The average Bonchev–Trinajstić information content (AvgIpc) is 2.52. The minimum absolute atomic E-state index is 0.427. The van der Waals surface area contributed by atoms with E-state index in [0.717, 1.165) is 11.3 Å². The molecule has 1 aromatic carbocycles. The maximum Gasteiger partial charge on any atom is 0.211 e. The molecule has 0 unspecified atom stereocenters. The summed E-state index contributed by atoms with van der Waals surface area (Å²) in [4.78, 5) is 0. The first-order valence-electron chi connectivity index (χ1n) is 7.88. The number of hydrogen-bond acceptors (Lipinski definition) is 5. The van der Waals surface area contributed by atoms with Crippen molar-refractivity contribution in [3.8, 4) is 5.75 Å². The average molecular weight is 394 g/mol. The van der Waals surface area contributed by atoms with Gasteiger partial charge in [0, 0.05) is 0 Å². The van der Waals surface area contributed by atoms with Gasteiger partial charge < -0.3 is 13.8 Å². The van der Waals surface area contributed by atoms with Gasteiger partial charge >= 0.3 is 0 Å². The van der Waals surface area contributed by atoms with Crippen LogP contribution in [-0.2, 0) is 31.8 Å². The number of hydrogen-bond donors (Lipinski definition) is 1. The van der Waals surface area contributed by atoms with Crippen LogP contribution in [0.2, 0.25) is 0 Å². The second kappa shape index (κ2) is 9.41. The Hall–Kier alpha value is -0.300. The van der Waals surface area contributed by atoms with Crippen molar-refractivity contribution in [1.82, 2.24) is 4.72 Å². The molecule has 0 fully saturated rings. The molecule has 1 rings (SSSR count). The summed E-state index contributed by atoms with van der Waals surface area (Å²) in [5, 5.41) is 0. The van der Waals surface area contributed by atoms with Crippen LogP contribution in [0.3, 0.4) is 0 Å². The van der Waals surface area contributed by atoms with Crippen LogP contribution in [0.15, 0.2) is 24.3 Å². The van der Waals surface area contributed by atoms with E-state index >= 15 is 0 Å². The van der Waals surface area contributed by atoms with E-state index in [1.807, 2.05) is 58.9 Å². The minimum Gasteiger partial charge on any atom is -0.497 e. The van der Waals surface area contributed by atoms with Gasteiger partial charge in [-0.25, -0.2) is 8.93 Å². The number of methoxy groups -OCH3 is 1. The summed E-state index contributed by atoms with van der Waals surface area (Å²) >= 11 is 5.74. The van der Waals surface area contributed by atoms with E-state index < -0.39 is 28.0 Å². The monoisotopic (exact) mass is 393 g/mol. The molecular formula is C16H28NO4PS2.